The van der Waals surface area contributed by atoms with Gasteiger partial charge in [0.05, 0.1) is 17.9 Å². The number of nitrogens with zero attached hydrogens (tertiary/aromatic N) is 3. The molecule has 0 aliphatic rings. The maximum atomic E-state index is 4.71. The predicted molar refractivity (Wildman–Crippen MR) is 85.2 cm³/mol. The van der Waals surface area contributed by atoms with Crippen molar-refractivity contribution in [2.45, 2.75) is 33.9 Å². The van der Waals surface area contributed by atoms with Crippen molar-refractivity contribution < 1.29 is 0 Å². The van der Waals surface area contributed by atoms with Crippen molar-refractivity contribution in [2.75, 3.05) is 18.0 Å². The lowest BCUT2D eigenvalue weighted by molar-refractivity contribution is 0.730. The van der Waals surface area contributed by atoms with Crippen molar-refractivity contribution in [3.05, 3.63) is 40.7 Å². The Bertz CT molecular complexity index is 524. The summed E-state index contributed by atoms with van der Waals surface area (Å²) in [6.45, 7) is 10.00. The molecule has 0 saturated heterocycles. The van der Waals surface area contributed by atoms with E-state index in [1.165, 1.54) is 4.88 Å². The molecule has 2 rings (SSSR count). The Morgan fingerprint density at radius 3 is 2.80 bits per heavy atom. The van der Waals surface area contributed by atoms with Gasteiger partial charge >= 0.3 is 0 Å². The summed E-state index contributed by atoms with van der Waals surface area (Å²) in [5.74, 6) is 0. The van der Waals surface area contributed by atoms with Gasteiger partial charge in [-0.25, -0.2) is 4.98 Å². The monoisotopic (exact) mass is 290 g/mol. The molecule has 0 amide bonds. The highest BCUT2D eigenvalue weighted by Gasteiger charge is 2.13. The second-order valence-corrected chi connectivity index (χ2v) is 5.68. The van der Waals surface area contributed by atoms with Crippen LogP contribution >= 0.6 is 11.3 Å². The molecule has 4 nitrogen and oxygen atoms in total. The first-order chi connectivity index (χ1) is 9.74. The molecule has 0 spiro atoms. The van der Waals surface area contributed by atoms with E-state index >= 15 is 0 Å². The van der Waals surface area contributed by atoms with Crippen molar-refractivity contribution in [3.63, 3.8) is 0 Å². The SMILES string of the molecule is CCNCc1sc(N(CC)Cc2ccccn2)nc1C. The Morgan fingerprint density at radius 2 is 2.15 bits per heavy atom. The summed E-state index contributed by atoms with van der Waals surface area (Å²) in [5, 5.41) is 4.45. The van der Waals surface area contributed by atoms with Gasteiger partial charge in [0.2, 0.25) is 0 Å². The maximum Gasteiger partial charge on any atom is 0.186 e. The molecule has 5 heteroatoms. The highest BCUT2D eigenvalue weighted by atomic mass is 32.1. The van der Waals surface area contributed by atoms with Crippen molar-refractivity contribution in [1.82, 2.24) is 15.3 Å². The molecule has 0 fully saturated rings. The zero-order valence-electron chi connectivity index (χ0n) is 12.4. The van der Waals surface area contributed by atoms with Crippen LogP contribution in [0.4, 0.5) is 5.13 Å². The zero-order chi connectivity index (χ0) is 14.4. The minimum atomic E-state index is 0.810. The van der Waals surface area contributed by atoms with Crippen molar-refractivity contribution in [1.29, 1.82) is 0 Å². The Morgan fingerprint density at radius 1 is 1.30 bits per heavy atom. The molecule has 2 heterocycles. The highest BCUT2D eigenvalue weighted by Crippen LogP contribution is 2.26. The van der Waals surface area contributed by atoms with Gasteiger partial charge in [-0.2, -0.15) is 0 Å². The van der Waals surface area contributed by atoms with E-state index in [0.29, 0.717) is 0 Å². The van der Waals surface area contributed by atoms with E-state index in [4.69, 9.17) is 4.98 Å². The number of anilines is 1. The van der Waals surface area contributed by atoms with Gasteiger partial charge < -0.3 is 10.2 Å². The van der Waals surface area contributed by atoms with Crippen molar-refractivity contribution >= 4 is 16.5 Å². The summed E-state index contributed by atoms with van der Waals surface area (Å²) < 4.78 is 0. The van der Waals surface area contributed by atoms with E-state index in [2.05, 4.69) is 42.0 Å². The molecule has 0 saturated carbocycles. The first-order valence-corrected chi connectivity index (χ1v) is 7.88. The largest absolute Gasteiger partial charge is 0.342 e. The molecule has 108 valence electrons. The van der Waals surface area contributed by atoms with E-state index in [1.807, 2.05) is 18.3 Å². The van der Waals surface area contributed by atoms with Crippen LogP contribution in [0.1, 0.15) is 30.1 Å². The average Bonchev–Trinajstić information content (AvgIpc) is 2.84. The third kappa shape index (κ3) is 3.77. The summed E-state index contributed by atoms with van der Waals surface area (Å²) in [5.41, 5.74) is 2.21. The van der Waals surface area contributed by atoms with Crippen LogP contribution in [0.15, 0.2) is 24.4 Å². The van der Waals surface area contributed by atoms with Crippen LogP contribution in [-0.2, 0) is 13.1 Å². The smallest absolute Gasteiger partial charge is 0.186 e. The maximum absolute atomic E-state index is 4.71. The van der Waals surface area contributed by atoms with Crippen LogP contribution in [0.3, 0.4) is 0 Å². The quantitative estimate of drug-likeness (QED) is 0.851. The van der Waals surface area contributed by atoms with Gasteiger partial charge in [0, 0.05) is 24.2 Å². The van der Waals surface area contributed by atoms with Crippen molar-refractivity contribution in [3.8, 4) is 0 Å². The first-order valence-electron chi connectivity index (χ1n) is 7.06. The molecule has 0 atom stereocenters. The average molecular weight is 290 g/mol. The molecule has 0 unspecified atom stereocenters. The number of aryl methyl sites for hydroxylation is 1. The molecular formula is C15H22N4S. The number of pyridine rings is 1. The molecule has 2 aromatic heterocycles. The third-order valence-corrected chi connectivity index (χ3v) is 4.37. The van der Waals surface area contributed by atoms with Gasteiger partial charge in [-0.1, -0.05) is 13.0 Å². The zero-order valence-corrected chi connectivity index (χ0v) is 13.2. The second kappa shape index (κ2) is 7.36. The molecule has 0 aliphatic carbocycles. The Balaban J connectivity index is 2.11. The molecule has 1 N–H and O–H groups in total. The van der Waals surface area contributed by atoms with Gasteiger partial charge in [0.25, 0.3) is 0 Å². The number of thiazole rings is 1. The highest BCUT2D eigenvalue weighted by molar-refractivity contribution is 7.15. The molecule has 0 bridgehead atoms. The summed E-state index contributed by atoms with van der Waals surface area (Å²) in [4.78, 5) is 12.7. The third-order valence-electron chi connectivity index (χ3n) is 3.15. The second-order valence-electron chi connectivity index (χ2n) is 4.62. The molecular weight excluding hydrogens is 268 g/mol. The lowest BCUT2D eigenvalue weighted by Gasteiger charge is -2.19. The summed E-state index contributed by atoms with van der Waals surface area (Å²) in [6, 6.07) is 6.03. The lowest BCUT2D eigenvalue weighted by atomic mass is 10.3. The normalized spacial score (nSPS) is 10.8. The fourth-order valence-corrected chi connectivity index (χ4v) is 3.05. The Hall–Kier alpha value is -1.46. The minimum absolute atomic E-state index is 0.810. The van der Waals surface area contributed by atoms with Crippen LogP contribution in [0.25, 0.3) is 0 Å². The summed E-state index contributed by atoms with van der Waals surface area (Å²) in [6.07, 6.45) is 1.84. The van der Waals surface area contributed by atoms with Gasteiger partial charge in [0.15, 0.2) is 5.13 Å². The fourth-order valence-electron chi connectivity index (χ4n) is 1.95. The fraction of sp³-hybridized carbons (Fsp3) is 0.467. The molecule has 0 radical (unpaired) electrons. The van der Waals surface area contributed by atoms with Crippen LogP contribution in [-0.4, -0.2) is 23.1 Å². The Kier molecular flexibility index (Phi) is 5.49. The lowest BCUT2D eigenvalue weighted by Crippen LogP contribution is -2.22. The van der Waals surface area contributed by atoms with Crippen LogP contribution in [0.5, 0.6) is 0 Å². The number of rotatable bonds is 7. The van der Waals surface area contributed by atoms with Crippen LogP contribution < -0.4 is 10.2 Å². The molecule has 0 aliphatic heterocycles. The molecule has 0 aromatic carbocycles. The number of aromatic nitrogens is 2. The summed E-state index contributed by atoms with van der Waals surface area (Å²) >= 11 is 1.78. The first kappa shape index (κ1) is 14.9. The van der Waals surface area contributed by atoms with E-state index in [1.54, 1.807) is 11.3 Å². The minimum Gasteiger partial charge on any atom is -0.342 e. The van der Waals surface area contributed by atoms with Crippen LogP contribution in [0.2, 0.25) is 0 Å². The van der Waals surface area contributed by atoms with Gasteiger partial charge in [-0.15, -0.1) is 11.3 Å². The predicted octanol–water partition coefficient (Wildman–Crippen LogP) is 2.98. The van der Waals surface area contributed by atoms with Gasteiger partial charge in [0.1, 0.15) is 0 Å². The molecule has 20 heavy (non-hydrogen) atoms. The number of hydrogen-bond acceptors (Lipinski definition) is 5. The van der Waals surface area contributed by atoms with E-state index < -0.39 is 0 Å². The van der Waals surface area contributed by atoms with Crippen molar-refractivity contribution in [2.24, 2.45) is 0 Å². The Labute approximate surface area is 124 Å². The number of hydrogen-bond donors (Lipinski definition) is 1. The standard InChI is InChI=1S/C15H22N4S/c1-4-16-10-14-12(3)18-15(20-14)19(5-2)11-13-8-6-7-9-17-13/h6-9,16H,4-5,10-11H2,1-3H3. The van der Waals surface area contributed by atoms with E-state index in [-0.39, 0.29) is 0 Å². The topological polar surface area (TPSA) is 41.0 Å². The molecule has 2 aromatic rings. The number of nitrogens with one attached hydrogen (secondary N) is 1. The van der Waals surface area contributed by atoms with E-state index in [9.17, 15) is 0 Å². The summed E-state index contributed by atoms with van der Waals surface area (Å²) in [7, 11) is 0. The van der Waals surface area contributed by atoms with Gasteiger partial charge in [-0.3, -0.25) is 4.98 Å². The van der Waals surface area contributed by atoms with Crippen LogP contribution in [0, 0.1) is 6.92 Å². The van der Waals surface area contributed by atoms with E-state index in [0.717, 1.165) is 42.7 Å². The van der Waals surface area contributed by atoms with Gasteiger partial charge in [-0.05, 0) is 32.5 Å².